The zero-order valence-electron chi connectivity index (χ0n) is 22.4. The van der Waals surface area contributed by atoms with Gasteiger partial charge in [0.2, 0.25) is 5.09 Å². The summed E-state index contributed by atoms with van der Waals surface area (Å²) in [7, 11) is -4.07. The molecule has 1 atom stereocenters. The monoisotopic (exact) mass is 587 g/mol. The molecule has 4 aromatic rings. The number of Topliss-reactive ketones (excluding diaryl/α,β-unsaturated/α-hetero) is 1. The van der Waals surface area contributed by atoms with E-state index in [1.165, 1.54) is 39.5 Å². The number of sulfonamides is 1. The summed E-state index contributed by atoms with van der Waals surface area (Å²) in [4.78, 5) is 30.4. The van der Waals surface area contributed by atoms with Gasteiger partial charge in [0.25, 0.3) is 15.6 Å². The Morgan fingerprint density at radius 1 is 1.15 bits per heavy atom. The molecule has 12 heteroatoms. The number of rotatable bonds is 8. The zero-order chi connectivity index (χ0) is 29.5. The molecule has 0 saturated carbocycles. The van der Waals surface area contributed by atoms with Gasteiger partial charge in [-0.15, -0.1) is 0 Å². The fourth-order valence-corrected chi connectivity index (χ4v) is 6.74. The van der Waals surface area contributed by atoms with Gasteiger partial charge in [0.05, 0.1) is 11.6 Å². The van der Waals surface area contributed by atoms with Crippen LogP contribution in [0, 0.1) is 0 Å². The highest BCUT2D eigenvalue weighted by Crippen LogP contribution is 2.32. The number of nitrogens with zero attached hydrogens (tertiary/aromatic N) is 3. The number of hydrogen-bond acceptors (Lipinski definition) is 6. The zero-order valence-corrected chi connectivity index (χ0v) is 23.2. The van der Waals surface area contributed by atoms with Crippen LogP contribution in [0.5, 0.6) is 0 Å². The SMILES string of the molecule is CC(C)n1cc(CCC(=O)[C@@H]2CCCN2S(=O)(=O)c2cc3cnccc3o2)cc(-c2ccc(C(F)(F)F)cc2)c1=O. The Bertz CT molecular complexity index is 1730. The van der Waals surface area contributed by atoms with E-state index in [1.807, 2.05) is 13.8 Å². The van der Waals surface area contributed by atoms with E-state index in [9.17, 15) is 31.2 Å². The van der Waals surface area contributed by atoms with Crippen LogP contribution in [0.15, 0.2) is 75.4 Å². The molecule has 5 rings (SSSR count). The van der Waals surface area contributed by atoms with Crippen molar-refractivity contribution in [1.29, 1.82) is 0 Å². The summed E-state index contributed by atoms with van der Waals surface area (Å²) in [6, 6.07) is 7.84. The Hall–Kier alpha value is -3.77. The number of ketones is 1. The van der Waals surface area contributed by atoms with Crippen LogP contribution in [-0.2, 0) is 27.4 Å². The molecular formula is C29H28F3N3O5S. The van der Waals surface area contributed by atoms with E-state index < -0.39 is 27.8 Å². The number of alkyl halides is 3. The number of carbonyl (C=O) groups excluding carboxylic acids is 1. The predicted molar refractivity (Wildman–Crippen MR) is 146 cm³/mol. The van der Waals surface area contributed by atoms with Gasteiger partial charge in [-0.25, -0.2) is 8.42 Å². The van der Waals surface area contributed by atoms with Crippen LogP contribution in [0.4, 0.5) is 13.2 Å². The topological polar surface area (TPSA) is 102 Å². The van der Waals surface area contributed by atoms with E-state index in [2.05, 4.69) is 4.98 Å². The molecule has 3 aromatic heterocycles. The average Bonchev–Trinajstić information content (AvgIpc) is 3.60. The molecule has 0 N–H and O–H groups in total. The van der Waals surface area contributed by atoms with Crippen LogP contribution in [0.2, 0.25) is 0 Å². The van der Waals surface area contributed by atoms with Gasteiger partial charge >= 0.3 is 6.18 Å². The molecule has 41 heavy (non-hydrogen) atoms. The first-order valence-corrected chi connectivity index (χ1v) is 14.6. The standard InChI is InChI=1S/C29H28F3N3O5S/c1-18(2)34-17-19(14-23(28(34)37)20-6-8-22(9-7-20)29(30,31)32)5-10-25(36)24-4-3-13-35(24)41(38,39)27-15-21-16-33-12-11-26(21)40-27/h6-9,11-12,14-18,24H,3-5,10,13H2,1-2H3/t24-/m0/s1. The van der Waals surface area contributed by atoms with E-state index in [4.69, 9.17) is 4.42 Å². The minimum Gasteiger partial charge on any atom is -0.443 e. The average molecular weight is 588 g/mol. The Morgan fingerprint density at radius 3 is 2.54 bits per heavy atom. The van der Waals surface area contributed by atoms with Crippen molar-refractivity contribution in [2.75, 3.05) is 6.54 Å². The van der Waals surface area contributed by atoms with Crippen molar-refractivity contribution >= 4 is 26.8 Å². The number of aromatic nitrogens is 2. The minimum atomic E-state index is -4.50. The molecule has 1 fully saturated rings. The number of carbonyl (C=O) groups is 1. The summed E-state index contributed by atoms with van der Waals surface area (Å²) in [5.41, 5.74) is 0.400. The van der Waals surface area contributed by atoms with Crippen molar-refractivity contribution in [1.82, 2.24) is 13.9 Å². The van der Waals surface area contributed by atoms with Gasteiger partial charge in [-0.05, 0) is 68.5 Å². The number of benzene rings is 1. The third kappa shape index (κ3) is 5.71. The number of fused-ring (bicyclic) bond motifs is 1. The first-order valence-electron chi connectivity index (χ1n) is 13.2. The third-order valence-electron chi connectivity index (χ3n) is 7.27. The highest BCUT2D eigenvalue weighted by atomic mass is 32.2. The third-order valence-corrected chi connectivity index (χ3v) is 9.04. The molecule has 1 aliphatic rings. The number of pyridine rings is 2. The molecule has 0 radical (unpaired) electrons. The van der Waals surface area contributed by atoms with E-state index in [0.717, 1.165) is 12.1 Å². The first-order chi connectivity index (χ1) is 19.4. The molecule has 1 aromatic carbocycles. The Balaban J connectivity index is 1.37. The van der Waals surface area contributed by atoms with Crippen LogP contribution < -0.4 is 5.56 Å². The molecule has 0 spiro atoms. The Morgan fingerprint density at radius 2 is 1.88 bits per heavy atom. The maximum Gasteiger partial charge on any atom is 0.416 e. The fourth-order valence-electron chi connectivity index (χ4n) is 5.11. The molecule has 4 heterocycles. The molecule has 0 unspecified atom stereocenters. The van der Waals surface area contributed by atoms with E-state index in [0.29, 0.717) is 34.9 Å². The highest BCUT2D eigenvalue weighted by molar-refractivity contribution is 7.89. The second kappa shape index (κ2) is 10.9. The van der Waals surface area contributed by atoms with E-state index in [-0.39, 0.29) is 47.4 Å². The van der Waals surface area contributed by atoms with Gasteiger partial charge < -0.3 is 8.98 Å². The first kappa shape index (κ1) is 28.7. The molecular weight excluding hydrogens is 559 g/mol. The molecule has 0 aliphatic carbocycles. The normalized spacial score (nSPS) is 16.6. The van der Waals surface area contributed by atoms with Crippen LogP contribution in [0.25, 0.3) is 22.1 Å². The maximum absolute atomic E-state index is 13.4. The number of halogens is 3. The molecule has 1 saturated heterocycles. The van der Waals surface area contributed by atoms with Crippen molar-refractivity contribution in [3.8, 4) is 11.1 Å². The van der Waals surface area contributed by atoms with E-state index >= 15 is 0 Å². The molecule has 216 valence electrons. The summed E-state index contributed by atoms with van der Waals surface area (Å²) in [6.07, 6.45) is 1.27. The maximum atomic E-state index is 13.4. The summed E-state index contributed by atoms with van der Waals surface area (Å²) >= 11 is 0. The summed E-state index contributed by atoms with van der Waals surface area (Å²) < 4.78 is 74.1. The molecule has 0 bridgehead atoms. The quantitative estimate of drug-likeness (QED) is 0.266. The lowest BCUT2D eigenvalue weighted by atomic mass is 9.99. The summed E-state index contributed by atoms with van der Waals surface area (Å²) in [6.45, 7) is 3.80. The minimum absolute atomic E-state index is 0.0173. The number of hydrogen-bond donors (Lipinski definition) is 0. The van der Waals surface area contributed by atoms with Crippen molar-refractivity contribution in [3.05, 3.63) is 82.5 Å². The molecule has 0 amide bonds. The smallest absolute Gasteiger partial charge is 0.416 e. The molecule has 1 aliphatic heterocycles. The van der Waals surface area contributed by atoms with Gasteiger partial charge in [0.15, 0.2) is 5.78 Å². The largest absolute Gasteiger partial charge is 0.443 e. The molecule has 8 nitrogen and oxygen atoms in total. The van der Waals surface area contributed by atoms with Crippen molar-refractivity contribution in [2.45, 2.75) is 62.9 Å². The van der Waals surface area contributed by atoms with Crippen molar-refractivity contribution in [3.63, 3.8) is 0 Å². The lowest BCUT2D eigenvalue weighted by Gasteiger charge is -2.22. The van der Waals surface area contributed by atoms with Crippen LogP contribution >= 0.6 is 0 Å². The lowest BCUT2D eigenvalue weighted by Crippen LogP contribution is -2.40. The Kier molecular flexibility index (Phi) is 7.64. The summed E-state index contributed by atoms with van der Waals surface area (Å²) in [5.74, 6) is -0.262. The fraction of sp³-hybridized carbons (Fsp3) is 0.345. The van der Waals surface area contributed by atoms with Gasteiger partial charge in [0, 0.05) is 54.6 Å². The van der Waals surface area contributed by atoms with Gasteiger partial charge in [0.1, 0.15) is 5.58 Å². The summed E-state index contributed by atoms with van der Waals surface area (Å²) in [5, 5.41) is 0.294. The number of furan rings is 1. The van der Waals surface area contributed by atoms with Crippen LogP contribution in [0.3, 0.4) is 0 Å². The second-order valence-corrected chi connectivity index (χ2v) is 12.2. The van der Waals surface area contributed by atoms with Gasteiger partial charge in [-0.3, -0.25) is 14.6 Å². The lowest BCUT2D eigenvalue weighted by molar-refractivity contribution is -0.137. The van der Waals surface area contributed by atoms with E-state index in [1.54, 1.807) is 18.3 Å². The Labute approximate surface area is 234 Å². The predicted octanol–water partition coefficient (Wildman–Crippen LogP) is 5.61. The van der Waals surface area contributed by atoms with Crippen LogP contribution in [0.1, 0.15) is 50.3 Å². The van der Waals surface area contributed by atoms with Crippen molar-refractivity contribution in [2.24, 2.45) is 0 Å². The van der Waals surface area contributed by atoms with Gasteiger partial charge in [-0.2, -0.15) is 17.5 Å². The van der Waals surface area contributed by atoms with Crippen LogP contribution in [-0.4, -0.2) is 40.6 Å². The highest BCUT2D eigenvalue weighted by Gasteiger charge is 2.40. The van der Waals surface area contributed by atoms with Gasteiger partial charge in [-0.1, -0.05) is 12.1 Å². The number of aryl methyl sites for hydroxylation is 1. The van der Waals surface area contributed by atoms with Crippen molar-refractivity contribution < 1.29 is 30.8 Å². The second-order valence-electron chi connectivity index (χ2n) is 10.4.